The minimum Gasteiger partial charge on any atom is -0.494 e. The van der Waals surface area contributed by atoms with E-state index in [1.54, 1.807) is 0 Å². The molecule has 2 aromatic carbocycles. The van der Waals surface area contributed by atoms with Gasteiger partial charge < -0.3 is 20.1 Å². The van der Waals surface area contributed by atoms with E-state index < -0.39 is 0 Å². The van der Waals surface area contributed by atoms with Gasteiger partial charge in [-0.25, -0.2) is 0 Å². The summed E-state index contributed by atoms with van der Waals surface area (Å²) in [6.45, 7) is 5.07. The van der Waals surface area contributed by atoms with Crippen LogP contribution in [0.15, 0.2) is 48.5 Å². The Hall–Kier alpha value is -3.02. The second-order valence-electron chi connectivity index (χ2n) is 7.64. The van der Waals surface area contributed by atoms with E-state index in [4.69, 9.17) is 9.47 Å². The Balaban J connectivity index is 1.50. The third kappa shape index (κ3) is 10.3. The molecule has 0 aliphatic heterocycles. The van der Waals surface area contributed by atoms with Crippen molar-refractivity contribution in [2.75, 3.05) is 23.8 Å². The smallest absolute Gasteiger partial charge is 0.224 e. The van der Waals surface area contributed by atoms with Gasteiger partial charge in [-0.05, 0) is 51.0 Å². The first-order valence-corrected chi connectivity index (χ1v) is 11.7. The minimum atomic E-state index is 0.0312. The van der Waals surface area contributed by atoms with Crippen LogP contribution in [-0.4, -0.2) is 25.0 Å². The van der Waals surface area contributed by atoms with Crippen molar-refractivity contribution in [3.63, 3.8) is 0 Å². The standard InChI is InChI=1S/C26H36N2O4/c1-3-31-23-15-11-13-21(19-23)27-25(29)17-9-7-5-6-8-10-18-26(30)28-22-14-12-16-24(20-22)32-4-2/h11-16,19-20H,3-10,17-18H2,1-2H3,(H,27,29)(H,28,30). The molecule has 0 aliphatic rings. The lowest BCUT2D eigenvalue weighted by molar-refractivity contribution is -0.117. The molecule has 0 aliphatic carbocycles. The molecule has 0 aromatic heterocycles. The molecule has 2 amide bonds. The zero-order valence-electron chi connectivity index (χ0n) is 19.3. The highest BCUT2D eigenvalue weighted by Gasteiger charge is 2.05. The number of carbonyl (C=O) groups is 2. The molecule has 0 fully saturated rings. The minimum absolute atomic E-state index is 0.0312. The van der Waals surface area contributed by atoms with Gasteiger partial charge in [-0.3, -0.25) is 9.59 Å². The summed E-state index contributed by atoms with van der Waals surface area (Å²) >= 11 is 0. The Labute approximate surface area is 191 Å². The summed E-state index contributed by atoms with van der Waals surface area (Å²) < 4.78 is 10.9. The molecule has 0 saturated heterocycles. The van der Waals surface area contributed by atoms with Gasteiger partial charge in [0, 0.05) is 36.3 Å². The normalized spacial score (nSPS) is 10.4. The zero-order chi connectivity index (χ0) is 23.0. The van der Waals surface area contributed by atoms with Gasteiger partial charge in [0.2, 0.25) is 11.8 Å². The maximum Gasteiger partial charge on any atom is 0.224 e. The van der Waals surface area contributed by atoms with E-state index in [2.05, 4.69) is 10.6 Å². The van der Waals surface area contributed by atoms with Crippen molar-refractivity contribution in [3.8, 4) is 11.5 Å². The molecule has 174 valence electrons. The second kappa shape index (κ2) is 14.9. The number of hydrogen-bond donors (Lipinski definition) is 2. The number of rotatable bonds is 15. The van der Waals surface area contributed by atoms with Crippen LogP contribution in [0.25, 0.3) is 0 Å². The Kier molecular flexibility index (Phi) is 11.7. The van der Waals surface area contributed by atoms with Crippen molar-refractivity contribution < 1.29 is 19.1 Å². The highest BCUT2D eigenvalue weighted by atomic mass is 16.5. The molecular weight excluding hydrogens is 404 g/mol. The third-order valence-corrected chi connectivity index (χ3v) is 4.92. The molecule has 0 heterocycles. The highest BCUT2D eigenvalue weighted by molar-refractivity contribution is 5.91. The van der Waals surface area contributed by atoms with Gasteiger partial charge in [-0.1, -0.05) is 37.8 Å². The van der Waals surface area contributed by atoms with E-state index >= 15 is 0 Å². The first-order valence-electron chi connectivity index (χ1n) is 11.7. The number of ether oxygens (including phenoxy) is 2. The Morgan fingerprint density at radius 1 is 0.656 bits per heavy atom. The summed E-state index contributed by atoms with van der Waals surface area (Å²) in [7, 11) is 0. The van der Waals surface area contributed by atoms with Gasteiger partial charge in [-0.2, -0.15) is 0 Å². The maximum absolute atomic E-state index is 12.1. The molecule has 2 N–H and O–H groups in total. The van der Waals surface area contributed by atoms with E-state index in [9.17, 15) is 9.59 Å². The van der Waals surface area contributed by atoms with Gasteiger partial charge in [0.15, 0.2) is 0 Å². The summed E-state index contributed by atoms with van der Waals surface area (Å²) in [4.78, 5) is 24.2. The van der Waals surface area contributed by atoms with Crippen molar-refractivity contribution in [1.29, 1.82) is 0 Å². The second-order valence-corrected chi connectivity index (χ2v) is 7.64. The van der Waals surface area contributed by atoms with Crippen LogP contribution in [0.5, 0.6) is 11.5 Å². The van der Waals surface area contributed by atoms with E-state index in [0.29, 0.717) is 26.1 Å². The van der Waals surface area contributed by atoms with Gasteiger partial charge in [0.1, 0.15) is 11.5 Å². The summed E-state index contributed by atoms with van der Waals surface area (Å²) in [6, 6.07) is 14.9. The Morgan fingerprint density at radius 2 is 1.06 bits per heavy atom. The molecule has 0 radical (unpaired) electrons. The molecule has 0 bridgehead atoms. The van der Waals surface area contributed by atoms with Gasteiger partial charge in [0.25, 0.3) is 0 Å². The fourth-order valence-corrected chi connectivity index (χ4v) is 3.39. The molecule has 0 spiro atoms. The molecule has 2 aromatic rings. The number of benzene rings is 2. The monoisotopic (exact) mass is 440 g/mol. The molecule has 2 rings (SSSR count). The van der Waals surface area contributed by atoms with Gasteiger partial charge in [0.05, 0.1) is 13.2 Å². The molecule has 6 nitrogen and oxygen atoms in total. The van der Waals surface area contributed by atoms with Crippen molar-refractivity contribution in [3.05, 3.63) is 48.5 Å². The SMILES string of the molecule is CCOc1cccc(NC(=O)CCCCCCCCC(=O)Nc2cccc(OCC)c2)c1. The molecule has 0 atom stereocenters. The average molecular weight is 441 g/mol. The summed E-state index contributed by atoms with van der Waals surface area (Å²) in [5.41, 5.74) is 1.53. The first-order chi connectivity index (χ1) is 15.6. The Morgan fingerprint density at radius 3 is 1.47 bits per heavy atom. The largest absolute Gasteiger partial charge is 0.494 e. The average Bonchev–Trinajstić information content (AvgIpc) is 2.76. The van der Waals surface area contributed by atoms with Crippen molar-refractivity contribution in [2.45, 2.75) is 65.2 Å². The van der Waals surface area contributed by atoms with Gasteiger partial charge >= 0.3 is 0 Å². The van der Waals surface area contributed by atoms with Crippen molar-refractivity contribution in [2.24, 2.45) is 0 Å². The summed E-state index contributed by atoms with van der Waals surface area (Å²) in [6.07, 6.45) is 6.95. The zero-order valence-corrected chi connectivity index (χ0v) is 19.3. The lowest BCUT2D eigenvalue weighted by atomic mass is 10.1. The van der Waals surface area contributed by atoms with E-state index in [-0.39, 0.29) is 11.8 Å². The van der Waals surface area contributed by atoms with Crippen LogP contribution in [0.3, 0.4) is 0 Å². The fraction of sp³-hybridized carbons (Fsp3) is 0.462. The molecule has 6 heteroatoms. The van der Waals surface area contributed by atoms with E-state index in [0.717, 1.165) is 61.4 Å². The summed E-state index contributed by atoms with van der Waals surface area (Å²) in [5.74, 6) is 1.59. The number of amides is 2. The molecular formula is C26H36N2O4. The van der Waals surface area contributed by atoms with Crippen molar-refractivity contribution >= 4 is 23.2 Å². The van der Waals surface area contributed by atoms with Crippen LogP contribution >= 0.6 is 0 Å². The maximum atomic E-state index is 12.1. The highest BCUT2D eigenvalue weighted by Crippen LogP contribution is 2.19. The van der Waals surface area contributed by atoms with Crippen LogP contribution in [0.2, 0.25) is 0 Å². The number of unbranched alkanes of at least 4 members (excludes halogenated alkanes) is 5. The number of carbonyl (C=O) groups excluding carboxylic acids is 2. The predicted molar refractivity (Wildman–Crippen MR) is 129 cm³/mol. The molecule has 32 heavy (non-hydrogen) atoms. The van der Waals surface area contributed by atoms with E-state index in [1.165, 1.54) is 0 Å². The predicted octanol–water partition coefficient (Wildman–Crippen LogP) is 6.18. The quantitative estimate of drug-likeness (QED) is 0.324. The molecule has 0 unspecified atom stereocenters. The van der Waals surface area contributed by atoms with Crippen LogP contribution < -0.4 is 20.1 Å². The summed E-state index contributed by atoms with van der Waals surface area (Å²) in [5, 5.41) is 5.85. The van der Waals surface area contributed by atoms with Crippen LogP contribution in [-0.2, 0) is 9.59 Å². The number of nitrogens with one attached hydrogen (secondary N) is 2. The van der Waals surface area contributed by atoms with Crippen LogP contribution in [0, 0.1) is 0 Å². The number of hydrogen-bond acceptors (Lipinski definition) is 4. The molecule has 0 saturated carbocycles. The van der Waals surface area contributed by atoms with E-state index in [1.807, 2.05) is 62.4 Å². The lowest BCUT2D eigenvalue weighted by Crippen LogP contribution is -2.11. The first kappa shape index (κ1) is 25.2. The fourth-order valence-electron chi connectivity index (χ4n) is 3.39. The topological polar surface area (TPSA) is 76.7 Å². The van der Waals surface area contributed by atoms with Crippen molar-refractivity contribution in [1.82, 2.24) is 0 Å². The van der Waals surface area contributed by atoms with Crippen LogP contribution in [0.4, 0.5) is 11.4 Å². The Bertz CT molecular complexity index is 769. The third-order valence-electron chi connectivity index (χ3n) is 4.92. The lowest BCUT2D eigenvalue weighted by Gasteiger charge is -2.08. The number of anilines is 2. The van der Waals surface area contributed by atoms with Gasteiger partial charge in [-0.15, -0.1) is 0 Å². The van der Waals surface area contributed by atoms with Crippen LogP contribution in [0.1, 0.15) is 65.2 Å².